The molecule has 120 valence electrons. The van der Waals surface area contributed by atoms with Gasteiger partial charge in [0.1, 0.15) is 11.5 Å². The maximum absolute atomic E-state index is 11.6. The van der Waals surface area contributed by atoms with Gasteiger partial charge in [-0.3, -0.25) is 0 Å². The van der Waals surface area contributed by atoms with Gasteiger partial charge in [0.25, 0.3) is 0 Å². The summed E-state index contributed by atoms with van der Waals surface area (Å²) < 4.78 is 5.72. The largest absolute Gasteiger partial charge is 0.479 e. The van der Waals surface area contributed by atoms with Crippen molar-refractivity contribution in [3.05, 3.63) is 90.5 Å². The lowest BCUT2D eigenvalue weighted by Crippen LogP contribution is -2.20. The second-order valence-corrected chi connectivity index (χ2v) is 5.27. The number of hydrogen-bond acceptors (Lipinski definition) is 3. The third kappa shape index (κ3) is 3.93. The van der Waals surface area contributed by atoms with Crippen molar-refractivity contribution in [3.63, 3.8) is 0 Å². The van der Waals surface area contributed by atoms with E-state index in [0.717, 1.165) is 11.4 Å². The Hall–Kier alpha value is -3.27. The van der Waals surface area contributed by atoms with Gasteiger partial charge in [-0.25, -0.2) is 4.79 Å². The number of anilines is 1. The summed E-state index contributed by atoms with van der Waals surface area (Å²) in [5.41, 5.74) is 1.42. The second kappa shape index (κ2) is 7.33. The van der Waals surface area contributed by atoms with Crippen LogP contribution in [0.5, 0.6) is 11.5 Å². The number of carboxylic acids is 1. The van der Waals surface area contributed by atoms with Crippen molar-refractivity contribution in [2.75, 3.05) is 5.32 Å². The highest BCUT2D eigenvalue weighted by atomic mass is 16.5. The van der Waals surface area contributed by atoms with Crippen LogP contribution in [-0.4, -0.2) is 11.1 Å². The Labute approximate surface area is 140 Å². The number of nitrogens with one attached hydrogen (secondary N) is 1. The predicted molar refractivity (Wildman–Crippen MR) is 93.4 cm³/mol. The number of carboxylic acid groups (broad SMARTS) is 1. The minimum atomic E-state index is -0.935. The molecule has 0 aliphatic heterocycles. The first-order chi connectivity index (χ1) is 11.7. The number of para-hydroxylation sites is 2. The first kappa shape index (κ1) is 15.6. The first-order valence-electron chi connectivity index (χ1n) is 7.59. The van der Waals surface area contributed by atoms with E-state index in [1.54, 1.807) is 24.3 Å². The minimum absolute atomic E-state index is 0.659. The van der Waals surface area contributed by atoms with Crippen LogP contribution in [0.1, 0.15) is 11.6 Å². The Bertz CT molecular complexity index is 786. The molecule has 0 spiro atoms. The summed E-state index contributed by atoms with van der Waals surface area (Å²) in [6, 6.07) is 25.0. The fourth-order valence-corrected chi connectivity index (χ4v) is 2.34. The molecule has 4 heteroatoms. The molecule has 0 aliphatic rings. The van der Waals surface area contributed by atoms with Crippen molar-refractivity contribution in [2.45, 2.75) is 6.04 Å². The van der Waals surface area contributed by atoms with Crippen molar-refractivity contribution in [1.82, 2.24) is 0 Å². The van der Waals surface area contributed by atoms with Gasteiger partial charge in [-0.05, 0) is 42.0 Å². The molecule has 2 N–H and O–H groups in total. The van der Waals surface area contributed by atoms with Gasteiger partial charge in [0.15, 0.2) is 6.04 Å². The second-order valence-electron chi connectivity index (χ2n) is 5.27. The van der Waals surface area contributed by atoms with Gasteiger partial charge in [-0.2, -0.15) is 0 Å². The molecule has 0 fully saturated rings. The number of benzene rings is 3. The third-order valence-corrected chi connectivity index (χ3v) is 3.52. The molecule has 1 atom stereocenters. The van der Waals surface area contributed by atoms with Crippen LogP contribution in [0.25, 0.3) is 0 Å². The molecular weight excluding hydrogens is 302 g/mol. The molecule has 0 amide bonds. The lowest BCUT2D eigenvalue weighted by molar-refractivity contribution is -0.138. The van der Waals surface area contributed by atoms with Gasteiger partial charge in [0, 0.05) is 5.69 Å². The molecule has 3 aromatic carbocycles. The SMILES string of the molecule is O=C(O)C(Nc1ccccc1)c1ccc(Oc2ccccc2)cc1. The molecule has 3 aromatic rings. The van der Waals surface area contributed by atoms with Gasteiger partial charge in [0.2, 0.25) is 0 Å². The molecule has 0 heterocycles. The molecule has 1 unspecified atom stereocenters. The zero-order valence-corrected chi connectivity index (χ0v) is 12.9. The quantitative estimate of drug-likeness (QED) is 0.690. The van der Waals surface area contributed by atoms with E-state index in [1.165, 1.54) is 0 Å². The lowest BCUT2D eigenvalue weighted by atomic mass is 10.1. The van der Waals surface area contributed by atoms with Gasteiger partial charge in [0.05, 0.1) is 0 Å². The van der Waals surface area contributed by atoms with E-state index in [0.29, 0.717) is 11.3 Å². The minimum Gasteiger partial charge on any atom is -0.479 e. The highest BCUT2D eigenvalue weighted by Gasteiger charge is 2.19. The van der Waals surface area contributed by atoms with Crippen LogP contribution in [-0.2, 0) is 4.79 Å². The van der Waals surface area contributed by atoms with E-state index in [4.69, 9.17) is 4.74 Å². The van der Waals surface area contributed by atoms with Gasteiger partial charge in [-0.15, -0.1) is 0 Å². The van der Waals surface area contributed by atoms with E-state index >= 15 is 0 Å². The Morgan fingerprint density at radius 2 is 1.33 bits per heavy atom. The van der Waals surface area contributed by atoms with Crippen molar-refractivity contribution in [1.29, 1.82) is 0 Å². The Balaban J connectivity index is 1.75. The molecule has 0 bridgehead atoms. The van der Waals surface area contributed by atoms with Crippen LogP contribution >= 0.6 is 0 Å². The smallest absolute Gasteiger partial charge is 0.330 e. The van der Waals surface area contributed by atoms with Crippen molar-refractivity contribution in [2.24, 2.45) is 0 Å². The van der Waals surface area contributed by atoms with Gasteiger partial charge < -0.3 is 15.2 Å². The molecule has 0 saturated carbocycles. The molecule has 24 heavy (non-hydrogen) atoms. The monoisotopic (exact) mass is 319 g/mol. The number of carbonyl (C=O) groups is 1. The molecular formula is C20H17NO3. The summed E-state index contributed by atoms with van der Waals surface area (Å²) >= 11 is 0. The summed E-state index contributed by atoms with van der Waals surface area (Å²) in [4.78, 5) is 11.6. The predicted octanol–water partition coefficient (Wildman–Crippen LogP) is 4.72. The fourth-order valence-electron chi connectivity index (χ4n) is 2.34. The maximum atomic E-state index is 11.6. The summed E-state index contributed by atoms with van der Waals surface area (Å²) in [5, 5.41) is 12.5. The number of aliphatic carboxylic acids is 1. The summed E-state index contributed by atoms with van der Waals surface area (Å²) in [7, 11) is 0. The van der Waals surface area contributed by atoms with Gasteiger partial charge >= 0.3 is 5.97 Å². The zero-order valence-electron chi connectivity index (χ0n) is 12.9. The number of rotatable bonds is 6. The molecule has 0 aliphatic carbocycles. The topological polar surface area (TPSA) is 58.6 Å². The molecule has 0 radical (unpaired) electrons. The number of ether oxygens (including phenoxy) is 1. The zero-order chi connectivity index (χ0) is 16.8. The summed E-state index contributed by atoms with van der Waals surface area (Å²) in [5.74, 6) is 0.465. The standard InChI is InChI=1S/C20H17NO3/c22-20(23)19(21-16-7-3-1-4-8-16)15-11-13-18(14-12-15)24-17-9-5-2-6-10-17/h1-14,19,21H,(H,22,23). The van der Waals surface area contributed by atoms with E-state index in [1.807, 2.05) is 60.7 Å². The Morgan fingerprint density at radius 1 is 0.792 bits per heavy atom. The lowest BCUT2D eigenvalue weighted by Gasteiger charge is -2.16. The molecule has 0 aromatic heterocycles. The van der Waals surface area contributed by atoms with E-state index in [2.05, 4.69) is 5.32 Å². The van der Waals surface area contributed by atoms with Gasteiger partial charge in [-0.1, -0.05) is 48.5 Å². The van der Waals surface area contributed by atoms with Crippen LogP contribution in [0, 0.1) is 0 Å². The van der Waals surface area contributed by atoms with Crippen LogP contribution in [0.15, 0.2) is 84.9 Å². The van der Waals surface area contributed by atoms with Crippen molar-refractivity contribution < 1.29 is 14.6 Å². The van der Waals surface area contributed by atoms with E-state index < -0.39 is 12.0 Å². The van der Waals surface area contributed by atoms with Crippen molar-refractivity contribution >= 4 is 11.7 Å². The van der Waals surface area contributed by atoms with E-state index in [-0.39, 0.29) is 0 Å². The van der Waals surface area contributed by atoms with Crippen LogP contribution in [0.2, 0.25) is 0 Å². The highest BCUT2D eigenvalue weighted by Crippen LogP contribution is 2.25. The van der Waals surface area contributed by atoms with Crippen molar-refractivity contribution in [3.8, 4) is 11.5 Å². The Morgan fingerprint density at radius 3 is 1.92 bits per heavy atom. The fraction of sp³-hybridized carbons (Fsp3) is 0.0500. The van der Waals surface area contributed by atoms with Crippen LogP contribution < -0.4 is 10.1 Å². The Kier molecular flexibility index (Phi) is 4.77. The summed E-state index contributed by atoms with van der Waals surface area (Å²) in [6.45, 7) is 0. The van der Waals surface area contributed by atoms with Crippen LogP contribution in [0.4, 0.5) is 5.69 Å². The van der Waals surface area contributed by atoms with Crippen LogP contribution in [0.3, 0.4) is 0 Å². The first-order valence-corrected chi connectivity index (χ1v) is 7.59. The normalized spacial score (nSPS) is 11.5. The van der Waals surface area contributed by atoms with E-state index in [9.17, 15) is 9.90 Å². The number of hydrogen-bond donors (Lipinski definition) is 2. The maximum Gasteiger partial charge on any atom is 0.330 e. The third-order valence-electron chi connectivity index (χ3n) is 3.52. The average molecular weight is 319 g/mol. The molecule has 4 nitrogen and oxygen atoms in total. The molecule has 3 rings (SSSR count). The highest BCUT2D eigenvalue weighted by molar-refractivity contribution is 5.79. The summed E-state index contributed by atoms with van der Waals surface area (Å²) in [6.07, 6.45) is 0. The average Bonchev–Trinajstić information content (AvgIpc) is 2.62. The molecule has 0 saturated heterocycles.